The highest BCUT2D eigenvalue weighted by Crippen LogP contribution is 2.18. The number of ether oxygens (including phenoxy) is 2. The van der Waals surface area contributed by atoms with Crippen molar-refractivity contribution in [3.8, 4) is 0 Å². The second kappa shape index (κ2) is 8.79. The van der Waals surface area contributed by atoms with Crippen LogP contribution in [0.3, 0.4) is 0 Å². The van der Waals surface area contributed by atoms with Crippen molar-refractivity contribution in [2.24, 2.45) is 5.92 Å². The fourth-order valence-electron chi connectivity index (χ4n) is 1.52. The van der Waals surface area contributed by atoms with Crippen molar-refractivity contribution < 1.29 is 19.1 Å². The molecule has 1 atom stereocenters. The van der Waals surface area contributed by atoms with Gasteiger partial charge in [-0.25, -0.2) is 9.59 Å². The molecule has 4 nitrogen and oxygen atoms in total. The van der Waals surface area contributed by atoms with Crippen molar-refractivity contribution in [1.29, 1.82) is 0 Å². The molecule has 0 heterocycles. The van der Waals surface area contributed by atoms with Gasteiger partial charge in [-0.3, -0.25) is 0 Å². The van der Waals surface area contributed by atoms with Gasteiger partial charge in [0.05, 0.1) is 13.2 Å². The molecule has 0 aromatic carbocycles. The predicted molar refractivity (Wildman–Crippen MR) is 65.4 cm³/mol. The first-order chi connectivity index (χ1) is 8.06. The van der Waals surface area contributed by atoms with E-state index in [1.165, 1.54) is 6.08 Å². The highest BCUT2D eigenvalue weighted by Gasteiger charge is 2.19. The van der Waals surface area contributed by atoms with Gasteiger partial charge in [-0.1, -0.05) is 20.3 Å². The lowest BCUT2D eigenvalue weighted by atomic mass is 9.96. The van der Waals surface area contributed by atoms with Gasteiger partial charge < -0.3 is 9.47 Å². The van der Waals surface area contributed by atoms with Crippen molar-refractivity contribution in [2.45, 2.75) is 40.5 Å². The van der Waals surface area contributed by atoms with E-state index in [0.29, 0.717) is 18.8 Å². The largest absolute Gasteiger partial charge is 0.463 e. The highest BCUT2D eigenvalue weighted by atomic mass is 16.5. The maximum absolute atomic E-state index is 11.7. The Labute approximate surface area is 103 Å². The van der Waals surface area contributed by atoms with E-state index in [1.807, 2.05) is 13.8 Å². The minimum Gasteiger partial charge on any atom is -0.463 e. The Hall–Kier alpha value is -1.32. The SMILES string of the molecule is CCCC(C)C(=CC(=O)OCC)C(=O)OCC. The first kappa shape index (κ1) is 15.7. The van der Waals surface area contributed by atoms with Crippen LogP contribution < -0.4 is 0 Å². The molecule has 0 fully saturated rings. The quantitative estimate of drug-likeness (QED) is 0.508. The fourth-order valence-corrected chi connectivity index (χ4v) is 1.52. The number of hydrogen-bond acceptors (Lipinski definition) is 4. The summed E-state index contributed by atoms with van der Waals surface area (Å²) in [7, 11) is 0. The summed E-state index contributed by atoms with van der Waals surface area (Å²) < 4.78 is 9.74. The van der Waals surface area contributed by atoms with Crippen LogP contribution in [0.1, 0.15) is 40.5 Å². The molecular weight excluding hydrogens is 220 g/mol. The minimum atomic E-state index is -0.487. The number of hydrogen-bond donors (Lipinski definition) is 0. The number of carbonyl (C=O) groups excluding carboxylic acids is 2. The van der Waals surface area contributed by atoms with Crippen LogP contribution in [0.5, 0.6) is 0 Å². The van der Waals surface area contributed by atoms with Crippen LogP contribution in [0.25, 0.3) is 0 Å². The minimum absolute atomic E-state index is 0.00320. The van der Waals surface area contributed by atoms with E-state index in [0.717, 1.165) is 12.8 Å². The molecule has 0 spiro atoms. The van der Waals surface area contributed by atoms with Crippen LogP contribution in [0.4, 0.5) is 0 Å². The van der Waals surface area contributed by atoms with Crippen molar-refractivity contribution in [3.05, 3.63) is 11.6 Å². The van der Waals surface area contributed by atoms with E-state index in [4.69, 9.17) is 9.47 Å². The maximum atomic E-state index is 11.7. The summed E-state index contributed by atoms with van der Waals surface area (Å²) in [4.78, 5) is 23.1. The maximum Gasteiger partial charge on any atom is 0.334 e. The molecule has 0 radical (unpaired) electrons. The number of rotatable bonds is 7. The smallest absolute Gasteiger partial charge is 0.334 e. The average molecular weight is 242 g/mol. The van der Waals surface area contributed by atoms with Crippen molar-refractivity contribution in [1.82, 2.24) is 0 Å². The third-order valence-corrected chi connectivity index (χ3v) is 2.32. The number of esters is 2. The highest BCUT2D eigenvalue weighted by molar-refractivity contribution is 5.96. The van der Waals surface area contributed by atoms with Gasteiger partial charge in [0, 0.05) is 11.6 Å². The van der Waals surface area contributed by atoms with Crippen LogP contribution in [0.15, 0.2) is 11.6 Å². The molecule has 0 saturated carbocycles. The van der Waals surface area contributed by atoms with Crippen LogP contribution in [-0.2, 0) is 19.1 Å². The molecule has 17 heavy (non-hydrogen) atoms. The van der Waals surface area contributed by atoms with E-state index in [-0.39, 0.29) is 5.92 Å². The van der Waals surface area contributed by atoms with Gasteiger partial charge in [0.25, 0.3) is 0 Å². The zero-order chi connectivity index (χ0) is 13.3. The molecule has 1 unspecified atom stereocenters. The summed E-state index contributed by atoms with van der Waals surface area (Å²) in [5.74, 6) is -0.913. The summed E-state index contributed by atoms with van der Waals surface area (Å²) in [6.45, 7) is 8.01. The topological polar surface area (TPSA) is 52.6 Å². The third kappa shape index (κ3) is 6.09. The van der Waals surface area contributed by atoms with E-state index in [1.54, 1.807) is 13.8 Å². The molecule has 0 N–H and O–H groups in total. The van der Waals surface area contributed by atoms with Crippen molar-refractivity contribution in [2.75, 3.05) is 13.2 Å². The Kier molecular flexibility index (Phi) is 8.11. The van der Waals surface area contributed by atoms with Crippen LogP contribution >= 0.6 is 0 Å². The Morgan fingerprint density at radius 2 is 1.71 bits per heavy atom. The molecule has 98 valence electrons. The third-order valence-electron chi connectivity index (χ3n) is 2.32. The summed E-state index contributed by atoms with van der Waals surface area (Å²) in [5, 5.41) is 0. The molecule has 0 bridgehead atoms. The summed E-state index contributed by atoms with van der Waals surface area (Å²) >= 11 is 0. The van der Waals surface area contributed by atoms with E-state index in [2.05, 4.69) is 0 Å². The van der Waals surface area contributed by atoms with Gasteiger partial charge in [0.15, 0.2) is 0 Å². The molecule has 0 aliphatic heterocycles. The molecule has 0 aromatic rings. The Balaban J connectivity index is 4.82. The summed E-state index contributed by atoms with van der Waals surface area (Å²) in [6, 6.07) is 0. The normalized spacial score (nSPS) is 13.1. The first-order valence-corrected chi connectivity index (χ1v) is 6.12. The zero-order valence-electron chi connectivity index (χ0n) is 11.1. The Morgan fingerprint density at radius 3 is 2.18 bits per heavy atom. The van der Waals surface area contributed by atoms with Gasteiger partial charge in [-0.15, -0.1) is 0 Å². The lowest BCUT2D eigenvalue weighted by Gasteiger charge is -2.13. The van der Waals surface area contributed by atoms with Gasteiger partial charge >= 0.3 is 11.9 Å². The average Bonchev–Trinajstić information content (AvgIpc) is 2.26. The standard InChI is InChI=1S/C13H22O4/c1-5-8-10(4)11(13(15)17-7-3)9-12(14)16-6-2/h9-10H,5-8H2,1-4H3. The predicted octanol–water partition coefficient (Wildman–Crippen LogP) is 2.48. The van der Waals surface area contributed by atoms with Crippen LogP contribution in [0, 0.1) is 5.92 Å². The van der Waals surface area contributed by atoms with Gasteiger partial charge in [-0.2, -0.15) is 0 Å². The lowest BCUT2D eigenvalue weighted by Crippen LogP contribution is -2.16. The molecule has 0 aliphatic carbocycles. The molecule has 0 amide bonds. The Bertz CT molecular complexity index is 281. The second-order valence-corrected chi connectivity index (χ2v) is 3.76. The first-order valence-electron chi connectivity index (χ1n) is 6.12. The zero-order valence-corrected chi connectivity index (χ0v) is 11.1. The monoisotopic (exact) mass is 242 g/mol. The molecule has 0 rings (SSSR count). The van der Waals surface area contributed by atoms with E-state index < -0.39 is 11.9 Å². The second-order valence-electron chi connectivity index (χ2n) is 3.76. The lowest BCUT2D eigenvalue weighted by molar-refractivity contribution is -0.141. The molecule has 0 saturated heterocycles. The van der Waals surface area contributed by atoms with Crippen LogP contribution in [-0.4, -0.2) is 25.2 Å². The van der Waals surface area contributed by atoms with Gasteiger partial charge in [-0.05, 0) is 26.2 Å². The molecule has 0 aliphatic rings. The van der Waals surface area contributed by atoms with E-state index in [9.17, 15) is 9.59 Å². The molecule has 0 aromatic heterocycles. The summed E-state index contributed by atoms with van der Waals surface area (Å²) in [6.07, 6.45) is 3.03. The van der Waals surface area contributed by atoms with Gasteiger partial charge in [0.2, 0.25) is 0 Å². The summed E-state index contributed by atoms with van der Waals surface area (Å²) in [5.41, 5.74) is 0.396. The Morgan fingerprint density at radius 1 is 1.12 bits per heavy atom. The van der Waals surface area contributed by atoms with Gasteiger partial charge in [0.1, 0.15) is 0 Å². The molecule has 4 heteroatoms. The van der Waals surface area contributed by atoms with E-state index >= 15 is 0 Å². The van der Waals surface area contributed by atoms with Crippen LogP contribution in [0.2, 0.25) is 0 Å². The van der Waals surface area contributed by atoms with Crippen molar-refractivity contribution >= 4 is 11.9 Å². The number of carbonyl (C=O) groups is 2. The fraction of sp³-hybridized carbons (Fsp3) is 0.692. The molecular formula is C13H22O4. The van der Waals surface area contributed by atoms with Crippen molar-refractivity contribution in [3.63, 3.8) is 0 Å².